The first kappa shape index (κ1) is 10.6. The summed E-state index contributed by atoms with van der Waals surface area (Å²) < 4.78 is 0. The Hall–Kier alpha value is -0.530. The van der Waals surface area contributed by atoms with Crippen molar-refractivity contribution in [3.05, 3.63) is 33.8 Å². The molecule has 0 aliphatic heterocycles. The van der Waals surface area contributed by atoms with E-state index in [9.17, 15) is 4.79 Å². The monoisotopic (exact) mass is 216 g/mol. The lowest BCUT2D eigenvalue weighted by Gasteiger charge is -2.08. The van der Waals surface area contributed by atoms with Crippen molar-refractivity contribution in [3.63, 3.8) is 0 Å². The number of carbonyl (C=O) groups is 1. The van der Waals surface area contributed by atoms with Gasteiger partial charge in [0.2, 0.25) is 0 Å². The third-order valence-electron chi connectivity index (χ3n) is 1.96. The van der Waals surface area contributed by atoms with Gasteiger partial charge in [-0.2, -0.15) is 0 Å². The summed E-state index contributed by atoms with van der Waals surface area (Å²) in [7, 11) is 0. The van der Waals surface area contributed by atoms with Gasteiger partial charge >= 0.3 is 0 Å². The molecular formula is C10H10Cl2O. The molecule has 0 heterocycles. The van der Waals surface area contributed by atoms with E-state index in [0.717, 1.165) is 11.8 Å². The molecule has 0 saturated heterocycles. The molecule has 1 nitrogen and oxygen atoms in total. The Morgan fingerprint density at radius 3 is 2.62 bits per heavy atom. The van der Waals surface area contributed by atoms with Crippen LogP contribution in [0.3, 0.4) is 0 Å². The van der Waals surface area contributed by atoms with E-state index in [1.165, 1.54) is 0 Å². The van der Waals surface area contributed by atoms with E-state index in [0.29, 0.717) is 16.5 Å². The summed E-state index contributed by atoms with van der Waals surface area (Å²) in [6, 6.07) is 5.45. The van der Waals surface area contributed by atoms with Crippen molar-refractivity contribution in [2.45, 2.75) is 19.3 Å². The minimum absolute atomic E-state index is 0.201. The van der Waals surface area contributed by atoms with Crippen LogP contribution >= 0.6 is 23.2 Å². The highest BCUT2D eigenvalue weighted by Gasteiger charge is 2.06. The Balaban J connectivity index is 2.89. The molecule has 0 fully saturated rings. The third-order valence-corrected chi connectivity index (χ3v) is 2.70. The number of halogens is 2. The number of aldehydes is 1. The molecule has 0 N–H and O–H groups in total. The van der Waals surface area contributed by atoms with Crippen LogP contribution in [-0.2, 0) is 4.79 Å². The standard InChI is InChI=1S/C10H10Cl2O/c1-7(4-5-13)8-2-3-9(11)10(12)6-8/h2-3,5-7H,4H2,1H3/t7-/m0/s1. The van der Waals surface area contributed by atoms with E-state index in [1.54, 1.807) is 12.1 Å². The van der Waals surface area contributed by atoms with Crippen molar-refractivity contribution in [2.75, 3.05) is 0 Å². The molecule has 13 heavy (non-hydrogen) atoms. The third kappa shape index (κ3) is 2.71. The molecule has 0 bridgehead atoms. The molecule has 0 unspecified atom stereocenters. The highest BCUT2D eigenvalue weighted by Crippen LogP contribution is 2.27. The second kappa shape index (κ2) is 4.64. The number of hydrogen-bond acceptors (Lipinski definition) is 1. The van der Waals surface area contributed by atoms with Crippen LogP contribution in [0.2, 0.25) is 10.0 Å². The Morgan fingerprint density at radius 2 is 2.08 bits per heavy atom. The van der Waals surface area contributed by atoms with Gasteiger partial charge in [0.05, 0.1) is 10.0 Å². The van der Waals surface area contributed by atoms with Gasteiger partial charge in [0.1, 0.15) is 6.29 Å². The Kier molecular flexibility index (Phi) is 3.76. The van der Waals surface area contributed by atoms with Crippen molar-refractivity contribution in [1.82, 2.24) is 0 Å². The predicted molar refractivity (Wildman–Crippen MR) is 55.6 cm³/mol. The molecular weight excluding hydrogens is 207 g/mol. The van der Waals surface area contributed by atoms with Crippen LogP contribution in [-0.4, -0.2) is 6.29 Å². The average Bonchev–Trinajstić information content (AvgIpc) is 2.10. The SMILES string of the molecule is C[C@@H](CC=O)c1ccc(Cl)c(Cl)c1. The fourth-order valence-corrected chi connectivity index (χ4v) is 1.41. The number of hydrogen-bond donors (Lipinski definition) is 0. The summed E-state index contributed by atoms with van der Waals surface area (Å²) in [6.07, 6.45) is 1.42. The maximum Gasteiger partial charge on any atom is 0.120 e. The number of rotatable bonds is 3. The molecule has 1 atom stereocenters. The van der Waals surface area contributed by atoms with E-state index in [2.05, 4.69) is 0 Å². The van der Waals surface area contributed by atoms with Crippen LogP contribution in [0.4, 0.5) is 0 Å². The second-order valence-electron chi connectivity index (χ2n) is 2.98. The van der Waals surface area contributed by atoms with Gasteiger partial charge in [-0.25, -0.2) is 0 Å². The fourth-order valence-electron chi connectivity index (χ4n) is 1.10. The summed E-state index contributed by atoms with van der Waals surface area (Å²) in [5.74, 6) is 0.201. The quantitative estimate of drug-likeness (QED) is 0.705. The molecule has 0 aliphatic carbocycles. The first-order valence-electron chi connectivity index (χ1n) is 4.03. The molecule has 1 aromatic carbocycles. The lowest BCUT2D eigenvalue weighted by atomic mass is 9.99. The molecule has 1 aromatic rings. The Labute approximate surface area is 87.7 Å². The van der Waals surface area contributed by atoms with Gasteiger partial charge in [-0.15, -0.1) is 0 Å². The average molecular weight is 217 g/mol. The van der Waals surface area contributed by atoms with Crippen molar-refractivity contribution in [3.8, 4) is 0 Å². The van der Waals surface area contributed by atoms with Crippen molar-refractivity contribution < 1.29 is 4.79 Å². The van der Waals surface area contributed by atoms with E-state index in [4.69, 9.17) is 23.2 Å². The summed E-state index contributed by atoms with van der Waals surface area (Å²) >= 11 is 11.6. The zero-order valence-corrected chi connectivity index (χ0v) is 8.77. The molecule has 0 radical (unpaired) electrons. The van der Waals surface area contributed by atoms with Crippen LogP contribution in [0.5, 0.6) is 0 Å². The van der Waals surface area contributed by atoms with Gasteiger partial charge in [-0.05, 0) is 23.6 Å². The minimum Gasteiger partial charge on any atom is -0.303 e. The smallest absolute Gasteiger partial charge is 0.120 e. The van der Waals surface area contributed by atoms with Gasteiger partial charge < -0.3 is 4.79 Å². The van der Waals surface area contributed by atoms with Crippen molar-refractivity contribution in [2.24, 2.45) is 0 Å². The van der Waals surface area contributed by atoms with Gasteiger partial charge in [-0.1, -0.05) is 36.2 Å². The summed E-state index contributed by atoms with van der Waals surface area (Å²) in [6.45, 7) is 1.98. The van der Waals surface area contributed by atoms with Crippen LogP contribution in [0.1, 0.15) is 24.8 Å². The summed E-state index contributed by atoms with van der Waals surface area (Å²) in [5.41, 5.74) is 1.04. The molecule has 70 valence electrons. The van der Waals surface area contributed by atoms with Crippen LogP contribution < -0.4 is 0 Å². The maximum absolute atomic E-state index is 10.3. The molecule has 0 amide bonds. The Morgan fingerprint density at radius 1 is 1.38 bits per heavy atom. The fraction of sp³-hybridized carbons (Fsp3) is 0.300. The van der Waals surface area contributed by atoms with Crippen LogP contribution in [0.25, 0.3) is 0 Å². The molecule has 0 saturated carbocycles. The normalized spacial score (nSPS) is 12.5. The highest BCUT2D eigenvalue weighted by atomic mass is 35.5. The van der Waals surface area contributed by atoms with Crippen molar-refractivity contribution in [1.29, 1.82) is 0 Å². The Bertz CT molecular complexity index is 310. The first-order valence-corrected chi connectivity index (χ1v) is 4.79. The lowest BCUT2D eigenvalue weighted by Crippen LogP contribution is -1.93. The maximum atomic E-state index is 10.3. The van der Waals surface area contributed by atoms with Gasteiger partial charge in [0.25, 0.3) is 0 Å². The first-order chi connectivity index (χ1) is 6.15. The van der Waals surface area contributed by atoms with Crippen LogP contribution in [0.15, 0.2) is 18.2 Å². The largest absolute Gasteiger partial charge is 0.303 e. The zero-order chi connectivity index (χ0) is 9.84. The number of benzene rings is 1. The topological polar surface area (TPSA) is 17.1 Å². The lowest BCUT2D eigenvalue weighted by molar-refractivity contribution is -0.108. The highest BCUT2D eigenvalue weighted by molar-refractivity contribution is 6.42. The van der Waals surface area contributed by atoms with E-state index in [1.807, 2.05) is 13.0 Å². The van der Waals surface area contributed by atoms with E-state index in [-0.39, 0.29) is 5.92 Å². The predicted octanol–water partition coefficient (Wildman–Crippen LogP) is 3.69. The second-order valence-corrected chi connectivity index (χ2v) is 3.79. The van der Waals surface area contributed by atoms with E-state index < -0.39 is 0 Å². The van der Waals surface area contributed by atoms with Gasteiger partial charge in [-0.3, -0.25) is 0 Å². The number of carbonyl (C=O) groups excluding carboxylic acids is 1. The van der Waals surface area contributed by atoms with E-state index >= 15 is 0 Å². The molecule has 3 heteroatoms. The molecule has 0 aromatic heterocycles. The molecule has 0 spiro atoms. The summed E-state index contributed by atoms with van der Waals surface area (Å²) in [4.78, 5) is 10.3. The van der Waals surface area contributed by atoms with Gasteiger partial charge in [0.15, 0.2) is 0 Å². The van der Waals surface area contributed by atoms with Crippen LogP contribution in [0, 0.1) is 0 Å². The molecule has 0 aliphatic rings. The zero-order valence-electron chi connectivity index (χ0n) is 7.26. The summed E-state index contributed by atoms with van der Waals surface area (Å²) in [5, 5.41) is 1.08. The molecule has 1 rings (SSSR count). The van der Waals surface area contributed by atoms with Gasteiger partial charge in [0, 0.05) is 6.42 Å². The van der Waals surface area contributed by atoms with Crippen molar-refractivity contribution >= 4 is 29.5 Å². The minimum atomic E-state index is 0.201.